The van der Waals surface area contributed by atoms with Crippen LogP contribution in [0.4, 0.5) is 0 Å². The number of aromatic nitrogens is 1. The Bertz CT molecular complexity index is 995. The molecule has 0 saturated carbocycles. The van der Waals surface area contributed by atoms with Gasteiger partial charge in [-0.1, -0.05) is 30.3 Å². The van der Waals surface area contributed by atoms with E-state index in [0.717, 1.165) is 0 Å². The van der Waals surface area contributed by atoms with E-state index in [-0.39, 0.29) is 5.69 Å². The fourth-order valence-corrected chi connectivity index (χ4v) is 3.10. The molecule has 1 heterocycles. The Kier molecular flexibility index (Phi) is 5.03. The quantitative estimate of drug-likeness (QED) is 0.711. The maximum Gasteiger partial charge on any atom is 0.268 e. The van der Waals surface area contributed by atoms with Crippen molar-refractivity contribution in [1.29, 1.82) is 0 Å². The highest BCUT2D eigenvalue weighted by atomic mass is 16.5. The standard InChI is InChI=1S/C20H20N2O5/c1-22-14(11-13-15(26-2)9-10-16(27-3)18(13)22)19(23)21-17(20(24)25)12-7-5-4-6-8-12/h4-11,17H,1-3H3,(H,21,23)(H,24,25)/p-1/t17-/m1/s1. The van der Waals surface area contributed by atoms with E-state index in [0.29, 0.717) is 28.0 Å². The SMILES string of the molecule is COc1ccc(OC)c2c1cc(C(=O)N[C@@H](C(=O)[O-])c1ccccc1)n2C. The zero-order chi connectivity index (χ0) is 19.6. The van der Waals surface area contributed by atoms with Gasteiger partial charge in [-0.2, -0.15) is 0 Å². The average molecular weight is 367 g/mol. The molecule has 3 aromatic rings. The molecule has 7 heteroatoms. The summed E-state index contributed by atoms with van der Waals surface area (Å²) < 4.78 is 12.4. The molecule has 27 heavy (non-hydrogen) atoms. The molecule has 1 aromatic heterocycles. The summed E-state index contributed by atoms with van der Waals surface area (Å²) in [6, 6.07) is 12.3. The molecule has 1 amide bonds. The Morgan fingerprint density at radius 3 is 2.26 bits per heavy atom. The third-order valence-corrected chi connectivity index (χ3v) is 4.43. The van der Waals surface area contributed by atoms with Crippen molar-refractivity contribution in [3.63, 3.8) is 0 Å². The van der Waals surface area contributed by atoms with Gasteiger partial charge in [-0.3, -0.25) is 4.79 Å². The summed E-state index contributed by atoms with van der Waals surface area (Å²) in [6.07, 6.45) is 0. The van der Waals surface area contributed by atoms with Gasteiger partial charge in [0.05, 0.1) is 31.7 Å². The number of fused-ring (bicyclic) bond motifs is 1. The van der Waals surface area contributed by atoms with Crippen LogP contribution in [0.15, 0.2) is 48.5 Å². The highest BCUT2D eigenvalue weighted by molar-refractivity contribution is 6.03. The lowest BCUT2D eigenvalue weighted by Crippen LogP contribution is -2.41. The van der Waals surface area contributed by atoms with Gasteiger partial charge in [0, 0.05) is 12.4 Å². The molecule has 0 aliphatic rings. The van der Waals surface area contributed by atoms with E-state index in [4.69, 9.17) is 9.47 Å². The third kappa shape index (κ3) is 3.31. The Morgan fingerprint density at radius 2 is 1.67 bits per heavy atom. The van der Waals surface area contributed by atoms with Crippen LogP contribution in [-0.4, -0.2) is 30.7 Å². The second kappa shape index (κ2) is 7.41. The Morgan fingerprint density at radius 1 is 1.04 bits per heavy atom. The monoisotopic (exact) mass is 367 g/mol. The van der Waals surface area contributed by atoms with Crippen molar-refractivity contribution in [2.45, 2.75) is 6.04 Å². The summed E-state index contributed by atoms with van der Waals surface area (Å²) >= 11 is 0. The summed E-state index contributed by atoms with van der Waals surface area (Å²) in [6.45, 7) is 0. The van der Waals surface area contributed by atoms with E-state index in [1.807, 2.05) is 0 Å². The number of aryl methyl sites for hydroxylation is 1. The normalized spacial score (nSPS) is 11.8. The molecule has 0 aliphatic carbocycles. The largest absolute Gasteiger partial charge is 0.548 e. The molecule has 0 saturated heterocycles. The summed E-state index contributed by atoms with van der Waals surface area (Å²) in [4.78, 5) is 24.4. The summed E-state index contributed by atoms with van der Waals surface area (Å²) in [5, 5.41) is 14.8. The van der Waals surface area contributed by atoms with Gasteiger partial charge in [0.15, 0.2) is 0 Å². The summed E-state index contributed by atoms with van der Waals surface area (Å²) in [5.41, 5.74) is 1.38. The topological polar surface area (TPSA) is 92.6 Å². The first-order chi connectivity index (χ1) is 13.0. The number of ether oxygens (including phenoxy) is 2. The van der Waals surface area contributed by atoms with Crippen molar-refractivity contribution in [2.75, 3.05) is 14.2 Å². The van der Waals surface area contributed by atoms with Crippen LogP contribution in [0.1, 0.15) is 22.1 Å². The number of aliphatic carboxylic acids is 1. The Balaban J connectivity index is 2.03. The second-order valence-electron chi connectivity index (χ2n) is 5.96. The van der Waals surface area contributed by atoms with Gasteiger partial charge in [-0.25, -0.2) is 0 Å². The molecule has 0 spiro atoms. The molecular formula is C20H19N2O5-. The number of hydrogen-bond acceptors (Lipinski definition) is 5. The van der Waals surface area contributed by atoms with E-state index >= 15 is 0 Å². The first kappa shape index (κ1) is 18.3. The predicted octanol–water partition coefficient (Wildman–Crippen LogP) is 1.42. The van der Waals surface area contributed by atoms with E-state index in [9.17, 15) is 14.7 Å². The van der Waals surface area contributed by atoms with Crippen molar-refractivity contribution in [1.82, 2.24) is 9.88 Å². The number of nitrogens with one attached hydrogen (secondary N) is 1. The molecule has 3 rings (SSSR count). The smallest absolute Gasteiger partial charge is 0.268 e. The Labute approximate surface area is 156 Å². The van der Waals surface area contributed by atoms with Crippen LogP contribution in [0.3, 0.4) is 0 Å². The predicted molar refractivity (Wildman–Crippen MR) is 97.7 cm³/mol. The lowest BCUT2D eigenvalue weighted by atomic mass is 10.1. The molecule has 0 unspecified atom stereocenters. The fourth-order valence-electron chi connectivity index (χ4n) is 3.10. The van der Waals surface area contributed by atoms with Gasteiger partial charge in [0.2, 0.25) is 0 Å². The highest BCUT2D eigenvalue weighted by Crippen LogP contribution is 2.35. The Hall–Kier alpha value is -3.48. The van der Waals surface area contributed by atoms with Gasteiger partial charge in [-0.05, 0) is 23.8 Å². The number of carboxylic acids is 1. The molecule has 1 atom stereocenters. The van der Waals surface area contributed by atoms with Crippen molar-refractivity contribution in [3.05, 3.63) is 59.8 Å². The van der Waals surface area contributed by atoms with E-state index in [2.05, 4.69) is 5.32 Å². The number of benzene rings is 2. The van der Waals surface area contributed by atoms with Crippen LogP contribution >= 0.6 is 0 Å². The molecule has 1 N–H and O–H groups in total. The minimum absolute atomic E-state index is 0.273. The maximum absolute atomic E-state index is 12.8. The van der Waals surface area contributed by atoms with Gasteiger partial charge in [0.25, 0.3) is 5.91 Å². The summed E-state index contributed by atoms with van der Waals surface area (Å²) in [7, 11) is 4.78. The number of nitrogens with zero attached hydrogens (tertiary/aromatic N) is 1. The van der Waals surface area contributed by atoms with Gasteiger partial charge in [0.1, 0.15) is 17.2 Å². The van der Waals surface area contributed by atoms with E-state index < -0.39 is 17.9 Å². The van der Waals surface area contributed by atoms with Crippen molar-refractivity contribution < 1.29 is 24.2 Å². The van der Waals surface area contributed by atoms with Crippen molar-refractivity contribution in [3.8, 4) is 11.5 Å². The van der Waals surface area contributed by atoms with E-state index in [1.165, 1.54) is 14.2 Å². The van der Waals surface area contributed by atoms with E-state index in [1.54, 1.807) is 60.1 Å². The molecule has 7 nitrogen and oxygen atoms in total. The van der Waals surface area contributed by atoms with Crippen LogP contribution in [0, 0.1) is 0 Å². The number of carbonyl (C=O) groups excluding carboxylic acids is 2. The van der Waals surface area contributed by atoms with Gasteiger partial charge < -0.3 is 29.3 Å². The molecule has 0 fully saturated rings. The molecule has 2 aromatic carbocycles. The number of amides is 1. The first-order valence-corrected chi connectivity index (χ1v) is 8.25. The molecule has 0 aliphatic heterocycles. The fraction of sp³-hybridized carbons (Fsp3) is 0.200. The maximum atomic E-state index is 12.8. The summed E-state index contributed by atoms with van der Waals surface area (Å²) in [5.74, 6) is -0.772. The third-order valence-electron chi connectivity index (χ3n) is 4.43. The van der Waals surface area contributed by atoms with Crippen molar-refractivity contribution in [2.24, 2.45) is 7.05 Å². The lowest BCUT2D eigenvalue weighted by Gasteiger charge is -2.20. The second-order valence-corrected chi connectivity index (χ2v) is 5.96. The van der Waals surface area contributed by atoms with Crippen LogP contribution in [0.5, 0.6) is 11.5 Å². The first-order valence-electron chi connectivity index (χ1n) is 8.25. The lowest BCUT2D eigenvalue weighted by molar-refractivity contribution is -0.308. The average Bonchev–Trinajstić information content (AvgIpc) is 3.03. The number of methoxy groups -OCH3 is 2. The highest BCUT2D eigenvalue weighted by Gasteiger charge is 2.22. The number of rotatable bonds is 6. The van der Waals surface area contributed by atoms with Crippen molar-refractivity contribution >= 4 is 22.8 Å². The molecular weight excluding hydrogens is 348 g/mol. The minimum atomic E-state index is -1.39. The molecule has 0 radical (unpaired) electrons. The zero-order valence-electron chi connectivity index (χ0n) is 15.2. The molecule has 0 bridgehead atoms. The van der Waals surface area contributed by atoms with Gasteiger partial charge in [-0.15, -0.1) is 0 Å². The van der Waals surface area contributed by atoms with Crippen LogP contribution in [0.25, 0.3) is 10.9 Å². The van der Waals surface area contributed by atoms with Crippen LogP contribution in [-0.2, 0) is 11.8 Å². The number of carbonyl (C=O) groups is 2. The zero-order valence-corrected chi connectivity index (χ0v) is 15.2. The number of hydrogen-bond donors (Lipinski definition) is 1. The number of carboxylic acid groups (broad SMARTS) is 1. The molecule has 140 valence electrons. The van der Waals surface area contributed by atoms with Crippen LogP contribution in [0.2, 0.25) is 0 Å². The van der Waals surface area contributed by atoms with Crippen LogP contribution < -0.4 is 19.9 Å². The van der Waals surface area contributed by atoms with Gasteiger partial charge >= 0.3 is 0 Å². The minimum Gasteiger partial charge on any atom is -0.548 e.